The average Bonchev–Trinajstić information content (AvgIpc) is 2.79. The standard InChI is InChI=1S/C24H28FN5O/c1-2-3-12-26-24-29-15-21-22(30-24)20(17-6-10-19(31)11-7-17)14-28-23(21)27-13-16-4-8-18(25)9-5-16/h4-5,8-9,14-15,17H,2-3,6-7,10-13H2,1H3,(H,27,28)(H,26,29,30). The first kappa shape index (κ1) is 21.2. The van der Waals surface area contributed by atoms with Crippen LogP contribution in [0.4, 0.5) is 16.2 Å². The van der Waals surface area contributed by atoms with Crippen molar-refractivity contribution < 1.29 is 9.18 Å². The summed E-state index contributed by atoms with van der Waals surface area (Å²) in [6.45, 7) is 3.50. The van der Waals surface area contributed by atoms with E-state index < -0.39 is 0 Å². The summed E-state index contributed by atoms with van der Waals surface area (Å²) in [5, 5.41) is 7.51. The first-order valence-corrected chi connectivity index (χ1v) is 11.0. The summed E-state index contributed by atoms with van der Waals surface area (Å²) in [6, 6.07) is 6.41. The van der Waals surface area contributed by atoms with Crippen LogP contribution in [-0.4, -0.2) is 27.3 Å². The van der Waals surface area contributed by atoms with Crippen molar-refractivity contribution >= 4 is 28.5 Å². The van der Waals surface area contributed by atoms with Crippen molar-refractivity contribution in [2.75, 3.05) is 17.2 Å². The molecule has 0 unspecified atom stereocenters. The fourth-order valence-electron chi connectivity index (χ4n) is 3.98. The van der Waals surface area contributed by atoms with E-state index in [0.29, 0.717) is 36.9 Å². The molecule has 0 amide bonds. The molecule has 4 rings (SSSR count). The minimum atomic E-state index is -0.251. The molecule has 3 aromatic rings. The van der Waals surface area contributed by atoms with Crippen molar-refractivity contribution in [2.24, 2.45) is 0 Å². The van der Waals surface area contributed by atoms with E-state index in [1.165, 1.54) is 12.1 Å². The molecular weight excluding hydrogens is 393 g/mol. The van der Waals surface area contributed by atoms with Gasteiger partial charge in [-0.2, -0.15) is 0 Å². The third kappa shape index (κ3) is 5.16. The molecule has 1 aliphatic carbocycles. The fraction of sp³-hybridized carbons (Fsp3) is 0.417. The molecule has 1 saturated carbocycles. The molecule has 0 spiro atoms. The molecule has 0 aliphatic heterocycles. The van der Waals surface area contributed by atoms with Crippen LogP contribution in [0.3, 0.4) is 0 Å². The maximum Gasteiger partial charge on any atom is 0.223 e. The van der Waals surface area contributed by atoms with E-state index in [2.05, 4.69) is 27.5 Å². The SMILES string of the molecule is CCCCNc1ncc2c(NCc3ccc(F)cc3)ncc(C3CCC(=O)CC3)c2n1. The van der Waals surface area contributed by atoms with Crippen molar-refractivity contribution in [3.63, 3.8) is 0 Å². The van der Waals surface area contributed by atoms with Gasteiger partial charge >= 0.3 is 0 Å². The highest BCUT2D eigenvalue weighted by atomic mass is 19.1. The molecule has 2 heterocycles. The van der Waals surface area contributed by atoms with Gasteiger partial charge < -0.3 is 10.6 Å². The number of unbranched alkanes of at least 4 members (excludes halogenated alkanes) is 1. The van der Waals surface area contributed by atoms with E-state index >= 15 is 0 Å². The smallest absolute Gasteiger partial charge is 0.223 e. The summed E-state index contributed by atoms with van der Waals surface area (Å²) in [7, 11) is 0. The van der Waals surface area contributed by atoms with E-state index in [1.54, 1.807) is 12.1 Å². The number of fused-ring (bicyclic) bond motifs is 1. The third-order valence-electron chi connectivity index (χ3n) is 5.82. The number of carbonyl (C=O) groups is 1. The topological polar surface area (TPSA) is 79.8 Å². The van der Waals surface area contributed by atoms with Crippen molar-refractivity contribution in [1.29, 1.82) is 0 Å². The lowest BCUT2D eigenvalue weighted by Gasteiger charge is -2.23. The molecule has 1 fully saturated rings. The van der Waals surface area contributed by atoms with Crippen molar-refractivity contribution in [1.82, 2.24) is 15.0 Å². The first-order chi connectivity index (χ1) is 15.1. The van der Waals surface area contributed by atoms with E-state index in [4.69, 9.17) is 4.98 Å². The van der Waals surface area contributed by atoms with Crippen LogP contribution in [0.15, 0.2) is 36.7 Å². The van der Waals surface area contributed by atoms with Crippen LogP contribution in [0.25, 0.3) is 10.9 Å². The highest BCUT2D eigenvalue weighted by Crippen LogP contribution is 2.36. The molecule has 2 aromatic heterocycles. The summed E-state index contributed by atoms with van der Waals surface area (Å²) >= 11 is 0. The highest BCUT2D eigenvalue weighted by molar-refractivity contribution is 5.91. The number of hydrogen-bond donors (Lipinski definition) is 2. The molecular formula is C24H28FN5O. The van der Waals surface area contributed by atoms with Crippen LogP contribution in [0.5, 0.6) is 0 Å². The summed E-state index contributed by atoms with van der Waals surface area (Å²) in [4.78, 5) is 25.7. The van der Waals surface area contributed by atoms with Gasteiger partial charge in [-0.3, -0.25) is 4.79 Å². The molecule has 1 aliphatic rings. The van der Waals surface area contributed by atoms with Gasteiger partial charge in [0.25, 0.3) is 0 Å². The second-order valence-electron chi connectivity index (χ2n) is 8.09. The Bertz CT molecular complexity index is 1040. The molecule has 31 heavy (non-hydrogen) atoms. The Balaban J connectivity index is 1.64. The van der Waals surface area contributed by atoms with Crippen LogP contribution < -0.4 is 10.6 Å². The Kier molecular flexibility index (Phi) is 6.70. The molecule has 6 nitrogen and oxygen atoms in total. The van der Waals surface area contributed by atoms with Crippen LogP contribution in [0.1, 0.15) is 62.5 Å². The van der Waals surface area contributed by atoms with Crippen LogP contribution in [-0.2, 0) is 11.3 Å². The Morgan fingerprint density at radius 2 is 1.84 bits per heavy atom. The van der Waals surface area contributed by atoms with Gasteiger partial charge in [0, 0.05) is 43.9 Å². The number of benzene rings is 1. The van der Waals surface area contributed by atoms with E-state index in [0.717, 1.165) is 54.3 Å². The zero-order valence-corrected chi connectivity index (χ0v) is 17.8. The number of carbonyl (C=O) groups excluding carboxylic acids is 1. The molecule has 162 valence electrons. The molecule has 0 saturated heterocycles. The predicted molar refractivity (Wildman–Crippen MR) is 121 cm³/mol. The van der Waals surface area contributed by atoms with Gasteiger partial charge in [0.1, 0.15) is 17.4 Å². The number of rotatable bonds is 8. The lowest BCUT2D eigenvalue weighted by Crippen LogP contribution is -2.14. The number of nitrogens with one attached hydrogen (secondary N) is 2. The monoisotopic (exact) mass is 421 g/mol. The van der Waals surface area contributed by atoms with Gasteiger partial charge in [0.15, 0.2) is 0 Å². The third-order valence-corrected chi connectivity index (χ3v) is 5.82. The summed E-state index contributed by atoms with van der Waals surface area (Å²) in [5.41, 5.74) is 2.92. The summed E-state index contributed by atoms with van der Waals surface area (Å²) in [5.74, 6) is 1.68. The molecule has 0 atom stereocenters. The van der Waals surface area contributed by atoms with Crippen molar-refractivity contribution in [3.8, 4) is 0 Å². The first-order valence-electron chi connectivity index (χ1n) is 11.0. The summed E-state index contributed by atoms with van der Waals surface area (Å²) < 4.78 is 13.2. The lowest BCUT2D eigenvalue weighted by atomic mass is 9.83. The lowest BCUT2D eigenvalue weighted by molar-refractivity contribution is -0.120. The number of nitrogens with zero attached hydrogens (tertiary/aromatic N) is 3. The van der Waals surface area contributed by atoms with Gasteiger partial charge in [-0.15, -0.1) is 0 Å². The van der Waals surface area contributed by atoms with Gasteiger partial charge in [-0.1, -0.05) is 25.5 Å². The number of hydrogen-bond acceptors (Lipinski definition) is 6. The maximum atomic E-state index is 13.2. The second-order valence-corrected chi connectivity index (χ2v) is 8.09. The molecule has 7 heteroatoms. The zero-order chi connectivity index (χ0) is 21.6. The van der Waals surface area contributed by atoms with Gasteiger partial charge in [-0.05, 0) is 42.9 Å². The number of anilines is 2. The van der Waals surface area contributed by atoms with Crippen LogP contribution in [0, 0.1) is 5.82 Å². The van der Waals surface area contributed by atoms with E-state index in [9.17, 15) is 9.18 Å². The number of aromatic nitrogens is 3. The Labute approximate surface area is 181 Å². The minimum Gasteiger partial charge on any atom is -0.365 e. The molecule has 1 aromatic carbocycles. The molecule has 0 bridgehead atoms. The zero-order valence-electron chi connectivity index (χ0n) is 17.8. The Morgan fingerprint density at radius 1 is 1.06 bits per heavy atom. The van der Waals surface area contributed by atoms with Crippen molar-refractivity contribution in [2.45, 2.75) is 57.9 Å². The van der Waals surface area contributed by atoms with E-state index in [1.807, 2.05) is 12.4 Å². The number of ketones is 1. The van der Waals surface area contributed by atoms with Gasteiger partial charge in [0.2, 0.25) is 5.95 Å². The predicted octanol–water partition coefficient (Wildman–Crippen LogP) is 5.21. The number of pyridine rings is 1. The number of Topliss-reactive ketones (excluding diaryl/α,β-unsaturated/α-hetero) is 1. The quantitative estimate of drug-likeness (QED) is 0.486. The van der Waals surface area contributed by atoms with Crippen molar-refractivity contribution in [3.05, 3.63) is 53.6 Å². The fourth-order valence-corrected chi connectivity index (χ4v) is 3.98. The van der Waals surface area contributed by atoms with Gasteiger partial charge in [-0.25, -0.2) is 19.3 Å². The molecule has 0 radical (unpaired) electrons. The largest absolute Gasteiger partial charge is 0.365 e. The summed E-state index contributed by atoms with van der Waals surface area (Å²) in [6.07, 6.45) is 8.75. The minimum absolute atomic E-state index is 0.251. The van der Waals surface area contributed by atoms with Crippen LogP contribution in [0.2, 0.25) is 0 Å². The average molecular weight is 422 g/mol. The van der Waals surface area contributed by atoms with Gasteiger partial charge in [0.05, 0.1) is 10.9 Å². The Morgan fingerprint density at radius 3 is 2.58 bits per heavy atom. The maximum absolute atomic E-state index is 13.2. The Hall–Kier alpha value is -3.09. The highest BCUT2D eigenvalue weighted by Gasteiger charge is 2.24. The second kappa shape index (κ2) is 9.81. The molecule has 2 N–H and O–H groups in total. The number of halogens is 1. The van der Waals surface area contributed by atoms with E-state index in [-0.39, 0.29) is 11.7 Å². The normalized spacial score (nSPS) is 14.7. The van der Waals surface area contributed by atoms with Crippen LogP contribution >= 0.6 is 0 Å².